The number of nitrogens with one attached hydrogen (secondary N) is 1. The van der Waals surface area contributed by atoms with Crippen molar-refractivity contribution in [2.75, 3.05) is 19.6 Å². The zero-order valence-electron chi connectivity index (χ0n) is 18.3. The third-order valence-corrected chi connectivity index (χ3v) is 3.95. The van der Waals surface area contributed by atoms with Gasteiger partial charge in [0.2, 0.25) is 0 Å². The predicted molar refractivity (Wildman–Crippen MR) is 130 cm³/mol. The van der Waals surface area contributed by atoms with E-state index < -0.39 is 5.60 Å². The molecule has 166 valence electrons. The van der Waals surface area contributed by atoms with Crippen molar-refractivity contribution in [3.05, 3.63) is 30.1 Å². The summed E-state index contributed by atoms with van der Waals surface area (Å²) in [6.45, 7) is 10.2. The molecule has 0 radical (unpaired) electrons. The Balaban J connectivity index is 0.00000784. The SMILES string of the molecule is CCCCCCNC(N)=NCCCN(Cc1cccnc1)C(=O)OC(C)(C)C.I. The molecule has 0 unspecified atom stereocenters. The first-order valence-electron chi connectivity index (χ1n) is 10.2. The molecule has 0 spiro atoms. The molecule has 1 aromatic heterocycles. The normalized spacial score (nSPS) is 11.5. The maximum Gasteiger partial charge on any atom is 0.410 e. The molecule has 8 heteroatoms. The molecule has 0 saturated heterocycles. The molecule has 1 heterocycles. The molecule has 0 aliphatic carbocycles. The number of carbonyl (C=O) groups excluding carboxylic acids is 1. The summed E-state index contributed by atoms with van der Waals surface area (Å²) in [7, 11) is 0. The Morgan fingerprint density at radius 3 is 2.66 bits per heavy atom. The summed E-state index contributed by atoms with van der Waals surface area (Å²) >= 11 is 0. The van der Waals surface area contributed by atoms with Crippen molar-refractivity contribution in [2.24, 2.45) is 10.7 Å². The fourth-order valence-electron chi connectivity index (χ4n) is 2.56. The van der Waals surface area contributed by atoms with Crippen LogP contribution in [0, 0.1) is 0 Å². The number of hydrogen-bond acceptors (Lipinski definition) is 4. The smallest absolute Gasteiger partial charge is 0.410 e. The number of carbonyl (C=O) groups is 1. The van der Waals surface area contributed by atoms with E-state index in [9.17, 15) is 4.79 Å². The highest BCUT2D eigenvalue weighted by Crippen LogP contribution is 2.13. The summed E-state index contributed by atoms with van der Waals surface area (Å²) in [6, 6.07) is 3.81. The van der Waals surface area contributed by atoms with Gasteiger partial charge in [-0.25, -0.2) is 4.79 Å². The Morgan fingerprint density at radius 2 is 2.03 bits per heavy atom. The number of unbranched alkanes of at least 4 members (excludes halogenated alkanes) is 3. The molecule has 0 aliphatic rings. The number of hydrogen-bond donors (Lipinski definition) is 2. The van der Waals surface area contributed by atoms with E-state index >= 15 is 0 Å². The maximum absolute atomic E-state index is 12.5. The number of halogens is 1. The molecule has 0 saturated carbocycles. The standard InChI is InChI=1S/C21H37N5O2.HI/c1-5-6-7-8-13-24-19(22)25-14-10-15-26(20(27)28-21(2,3)4)17-18-11-9-12-23-16-18;/h9,11-12,16H,5-8,10,13-15,17H2,1-4H3,(H3,22,24,25);1H. The average molecular weight is 519 g/mol. The summed E-state index contributed by atoms with van der Waals surface area (Å²) < 4.78 is 5.53. The fourth-order valence-corrected chi connectivity index (χ4v) is 2.56. The zero-order valence-corrected chi connectivity index (χ0v) is 20.6. The van der Waals surface area contributed by atoms with Crippen LogP contribution in [0.3, 0.4) is 0 Å². The lowest BCUT2D eigenvalue weighted by Crippen LogP contribution is -2.37. The number of amides is 1. The second-order valence-electron chi connectivity index (χ2n) is 7.87. The van der Waals surface area contributed by atoms with Gasteiger partial charge in [0.15, 0.2) is 5.96 Å². The molecule has 0 atom stereocenters. The van der Waals surface area contributed by atoms with Crippen LogP contribution in [0.1, 0.15) is 65.4 Å². The van der Waals surface area contributed by atoms with E-state index in [2.05, 4.69) is 22.2 Å². The van der Waals surface area contributed by atoms with Gasteiger partial charge in [-0.2, -0.15) is 0 Å². The summed E-state index contributed by atoms with van der Waals surface area (Å²) in [5, 5.41) is 3.14. The first-order chi connectivity index (χ1) is 13.3. The predicted octanol–water partition coefficient (Wildman–Crippen LogP) is 4.31. The Bertz CT molecular complexity index is 590. The minimum absolute atomic E-state index is 0. The second-order valence-corrected chi connectivity index (χ2v) is 7.87. The molecular weight excluding hydrogens is 481 g/mol. The van der Waals surface area contributed by atoms with Crippen molar-refractivity contribution in [3.63, 3.8) is 0 Å². The van der Waals surface area contributed by atoms with Gasteiger partial charge in [-0.1, -0.05) is 32.3 Å². The molecule has 7 nitrogen and oxygen atoms in total. The van der Waals surface area contributed by atoms with Crippen molar-refractivity contribution in [3.8, 4) is 0 Å². The first-order valence-corrected chi connectivity index (χ1v) is 10.2. The van der Waals surface area contributed by atoms with Crippen LogP contribution in [0.25, 0.3) is 0 Å². The molecule has 1 aromatic rings. The Hall–Kier alpha value is -1.58. The third kappa shape index (κ3) is 14.1. The number of rotatable bonds is 11. The number of pyridine rings is 1. The minimum Gasteiger partial charge on any atom is -0.444 e. The van der Waals surface area contributed by atoms with E-state index in [1.807, 2.05) is 32.9 Å². The molecule has 29 heavy (non-hydrogen) atoms. The van der Waals surface area contributed by atoms with Crippen LogP contribution in [0.2, 0.25) is 0 Å². The van der Waals surface area contributed by atoms with Gasteiger partial charge in [0.1, 0.15) is 5.60 Å². The number of guanidine groups is 1. The van der Waals surface area contributed by atoms with Gasteiger partial charge in [-0.3, -0.25) is 9.98 Å². The number of aromatic nitrogens is 1. The fraction of sp³-hybridized carbons (Fsp3) is 0.667. The Morgan fingerprint density at radius 1 is 1.28 bits per heavy atom. The summed E-state index contributed by atoms with van der Waals surface area (Å²) in [4.78, 5) is 22.7. The molecule has 1 rings (SSSR count). The van der Waals surface area contributed by atoms with Gasteiger partial charge in [0.05, 0.1) is 6.54 Å². The molecule has 0 aromatic carbocycles. The molecule has 1 amide bonds. The number of nitrogens with zero attached hydrogens (tertiary/aromatic N) is 3. The van der Waals surface area contributed by atoms with Crippen molar-refractivity contribution in [2.45, 2.75) is 71.9 Å². The van der Waals surface area contributed by atoms with Crippen LogP contribution in [0.15, 0.2) is 29.5 Å². The van der Waals surface area contributed by atoms with Gasteiger partial charge in [0.25, 0.3) is 0 Å². The van der Waals surface area contributed by atoms with E-state index in [4.69, 9.17) is 10.5 Å². The largest absolute Gasteiger partial charge is 0.444 e. The summed E-state index contributed by atoms with van der Waals surface area (Å²) in [5.41, 5.74) is 6.33. The van der Waals surface area contributed by atoms with Crippen molar-refractivity contribution >= 4 is 36.0 Å². The van der Waals surface area contributed by atoms with Crippen molar-refractivity contribution in [1.29, 1.82) is 0 Å². The van der Waals surface area contributed by atoms with E-state index in [0.717, 1.165) is 18.5 Å². The highest BCUT2D eigenvalue weighted by Gasteiger charge is 2.22. The molecule has 0 bridgehead atoms. The number of aliphatic imine (C=N–C) groups is 1. The lowest BCUT2D eigenvalue weighted by Gasteiger charge is -2.27. The third-order valence-electron chi connectivity index (χ3n) is 3.95. The maximum atomic E-state index is 12.5. The van der Waals surface area contributed by atoms with E-state index in [0.29, 0.717) is 32.0 Å². The monoisotopic (exact) mass is 519 g/mol. The highest BCUT2D eigenvalue weighted by atomic mass is 127. The van der Waals surface area contributed by atoms with E-state index in [1.54, 1.807) is 17.3 Å². The lowest BCUT2D eigenvalue weighted by atomic mass is 10.2. The lowest BCUT2D eigenvalue weighted by molar-refractivity contribution is 0.0232. The average Bonchev–Trinajstić information content (AvgIpc) is 2.63. The van der Waals surface area contributed by atoms with Crippen LogP contribution >= 0.6 is 24.0 Å². The molecule has 0 aliphatic heterocycles. The molecule has 0 fully saturated rings. The Kier molecular flexibility index (Phi) is 14.5. The molecular formula is C21H38IN5O2. The van der Waals surface area contributed by atoms with Gasteiger partial charge in [-0.05, 0) is 45.2 Å². The quantitative estimate of drug-likeness (QED) is 0.197. The van der Waals surface area contributed by atoms with Crippen LogP contribution in [-0.4, -0.2) is 47.2 Å². The minimum atomic E-state index is -0.533. The van der Waals surface area contributed by atoms with Crippen molar-refractivity contribution in [1.82, 2.24) is 15.2 Å². The first kappa shape index (κ1) is 27.4. The van der Waals surface area contributed by atoms with Crippen LogP contribution < -0.4 is 11.1 Å². The van der Waals surface area contributed by atoms with Gasteiger partial charge in [0, 0.05) is 32.0 Å². The van der Waals surface area contributed by atoms with Gasteiger partial charge in [-0.15, -0.1) is 24.0 Å². The second kappa shape index (κ2) is 15.3. The number of ether oxygens (including phenoxy) is 1. The number of nitrogens with two attached hydrogens (primary N) is 1. The summed E-state index contributed by atoms with van der Waals surface area (Å²) in [6.07, 6.45) is 8.62. The van der Waals surface area contributed by atoms with Crippen LogP contribution in [0.4, 0.5) is 4.79 Å². The topological polar surface area (TPSA) is 92.8 Å². The van der Waals surface area contributed by atoms with Gasteiger partial charge < -0.3 is 20.7 Å². The van der Waals surface area contributed by atoms with E-state index in [-0.39, 0.29) is 30.1 Å². The highest BCUT2D eigenvalue weighted by molar-refractivity contribution is 14.0. The Labute approximate surface area is 192 Å². The zero-order chi connectivity index (χ0) is 20.8. The van der Waals surface area contributed by atoms with Crippen molar-refractivity contribution < 1.29 is 9.53 Å². The molecule has 3 N–H and O–H groups in total. The van der Waals surface area contributed by atoms with E-state index in [1.165, 1.54) is 19.3 Å². The van der Waals surface area contributed by atoms with Crippen LogP contribution in [-0.2, 0) is 11.3 Å². The summed E-state index contributed by atoms with van der Waals surface area (Å²) in [5.74, 6) is 0.465. The van der Waals surface area contributed by atoms with Crippen LogP contribution in [0.5, 0.6) is 0 Å². The van der Waals surface area contributed by atoms with Gasteiger partial charge >= 0.3 is 6.09 Å².